The second kappa shape index (κ2) is 7.30. The van der Waals surface area contributed by atoms with Crippen LogP contribution in [0.5, 0.6) is 0 Å². The SMILES string of the molecule is COC1(C(=O)Nc2cccc(C(F)(F)F)c2)CCNCC1.Cl. The number of hydrogen-bond donors (Lipinski definition) is 2. The van der Waals surface area contributed by atoms with Gasteiger partial charge in [-0.2, -0.15) is 13.2 Å². The highest BCUT2D eigenvalue weighted by atomic mass is 35.5. The molecule has 124 valence electrons. The fourth-order valence-corrected chi connectivity index (χ4v) is 2.37. The molecule has 1 amide bonds. The zero-order valence-corrected chi connectivity index (χ0v) is 12.8. The van der Waals surface area contributed by atoms with Gasteiger partial charge in [-0.15, -0.1) is 12.4 Å². The topological polar surface area (TPSA) is 50.4 Å². The third-order valence-corrected chi connectivity index (χ3v) is 3.66. The summed E-state index contributed by atoms with van der Waals surface area (Å²) in [6, 6.07) is 4.58. The minimum absolute atomic E-state index is 0. The van der Waals surface area contributed by atoms with Crippen molar-refractivity contribution in [3.63, 3.8) is 0 Å². The summed E-state index contributed by atoms with van der Waals surface area (Å²) in [4.78, 5) is 12.3. The first-order valence-corrected chi connectivity index (χ1v) is 6.62. The van der Waals surface area contributed by atoms with E-state index in [-0.39, 0.29) is 18.1 Å². The second-order valence-electron chi connectivity index (χ2n) is 4.98. The van der Waals surface area contributed by atoms with E-state index in [9.17, 15) is 18.0 Å². The molecular weight excluding hydrogens is 321 g/mol. The van der Waals surface area contributed by atoms with Gasteiger partial charge in [0.05, 0.1) is 5.56 Å². The van der Waals surface area contributed by atoms with Crippen molar-refractivity contribution in [1.82, 2.24) is 5.32 Å². The molecule has 1 aromatic rings. The Morgan fingerprint density at radius 2 is 1.95 bits per heavy atom. The summed E-state index contributed by atoms with van der Waals surface area (Å²) < 4.78 is 43.3. The van der Waals surface area contributed by atoms with E-state index in [0.717, 1.165) is 12.1 Å². The summed E-state index contributed by atoms with van der Waals surface area (Å²) in [5.74, 6) is -0.411. The molecule has 2 N–H and O–H groups in total. The van der Waals surface area contributed by atoms with Crippen LogP contribution in [0.2, 0.25) is 0 Å². The number of benzene rings is 1. The van der Waals surface area contributed by atoms with Gasteiger partial charge in [0, 0.05) is 12.8 Å². The Bertz CT molecular complexity index is 517. The van der Waals surface area contributed by atoms with E-state index in [1.807, 2.05) is 0 Å². The van der Waals surface area contributed by atoms with Gasteiger partial charge in [-0.05, 0) is 44.1 Å². The number of rotatable bonds is 3. The normalized spacial score (nSPS) is 17.5. The second-order valence-corrected chi connectivity index (χ2v) is 4.98. The van der Waals surface area contributed by atoms with Crippen LogP contribution in [-0.2, 0) is 15.7 Å². The highest BCUT2D eigenvalue weighted by Gasteiger charge is 2.40. The first-order chi connectivity index (χ1) is 9.87. The summed E-state index contributed by atoms with van der Waals surface area (Å²) in [7, 11) is 1.44. The van der Waals surface area contributed by atoms with Gasteiger partial charge < -0.3 is 15.4 Å². The quantitative estimate of drug-likeness (QED) is 0.891. The third kappa shape index (κ3) is 4.12. The molecule has 1 aliphatic heterocycles. The molecule has 0 spiro atoms. The number of nitrogens with one attached hydrogen (secondary N) is 2. The van der Waals surface area contributed by atoms with Crippen molar-refractivity contribution < 1.29 is 22.7 Å². The molecule has 0 bridgehead atoms. The number of amides is 1. The van der Waals surface area contributed by atoms with Crippen molar-refractivity contribution in [1.29, 1.82) is 0 Å². The lowest BCUT2D eigenvalue weighted by Gasteiger charge is -2.34. The van der Waals surface area contributed by atoms with Crippen LogP contribution in [0.4, 0.5) is 18.9 Å². The van der Waals surface area contributed by atoms with Crippen LogP contribution in [0.25, 0.3) is 0 Å². The minimum atomic E-state index is -4.44. The van der Waals surface area contributed by atoms with Crippen LogP contribution >= 0.6 is 12.4 Å². The Hall–Kier alpha value is -1.31. The van der Waals surface area contributed by atoms with Gasteiger partial charge in [-0.1, -0.05) is 6.07 Å². The average molecular weight is 339 g/mol. The van der Waals surface area contributed by atoms with Crippen molar-refractivity contribution in [3.05, 3.63) is 29.8 Å². The monoisotopic (exact) mass is 338 g/mol. The van der Waals surface area contributed by atoms with Crippen LogP contribution in [0.1, 0.15) is 18.4 Å². The molecule has 0 aliphatic carbocycles. The Balaban J connectivity index is 0.00000242. The van der Waals surface area contributed by atoms with E-state index in [1.165, 1.54) is 19.2 Å². The molecule has 1 aliphatic rings. The Labute approximate surface area is 132 Å². The summed E-state index contributed by atoms with van der Waals surface area (Å²) in [5.41, 5.74) is -1.67. The number of carbonyl (C=O) groups excluding carboxylic acids is 1. The molecule has 1 aromatic carbocycles. The molecule has 1 heterocycles. The summed E-state index contributed by atoms with van der Waals surface area (Å²) >= 11 is 0. The lowest BCUT2D eigenvalue weighted by atomic mass is 9.91. The van der Waals surface area contributed by atoms with E-state index >= 15 is 0 Å². The lowest BCUT2D eigenvalue weighted by Crippen LogP contribution is -2.51. The fourth-order valence-electron chi connectivity index (χ4n) is 2.37. The Morgan fingerprint density at radius 3 is 2.50 bits per heavy atom. The number of anilines is 1. The van der Waals surface area contributed by atoms with Crippen molar-refractivity contribution in [2.75, 3.05) is 25.5 Å². The Morgan fingerprint density at radius 1 is 1.32 bits per heavy atom. The van der Waals surface area contributed by atoms with Gasteiger partial charge in [0.2, 0.25) is 0 Å². The summed E-state index contributed by atoms with van der Waals surface area (Å²) in [6.45, 7) is 1.26. The van der Waals surface area contributed by atoms with Crippen LogP contribution in [0.15, 0.2) is 24.3 Å². The highest BCUT2D eigenvalue weighted by Crippen LogP contribution is 2.31. The lowest BCUT2D eigenvalue weighted by molar-refractivity contribution is -0.141. The van der Waals surface area contributed by atoms with Gasteiger partial charge in [0.1, 0.15) is 5.60 Å². The van der Waals surface area contributed by atoms with Gasteiger partial charge in [0.25, 0.3) is 5.91 Å². The van der Waals surface area contributed by atoms with E-state index in [1.54, 1.807) is 0 Å². The number of carbonyl (C=O) groups is 1. The third-order valence-electron chi connectivity index (χ3n) is 3.66. The predicted molar refractivity (Wildman–Crippen MR) is 79.2 cm³/mol. The maximum Gasteiger partial charge on any atom is 0.416 e. The highest BCUT2D eigenvalue weighted by molar-refractivity contribution is 5.97. The molecule has 1 saturated heterocycles. The van der Waals surface area contributed by atoms with Crippen molar-refractivity contribution in [2.24, 2.45) is 0 Å². The molecule has 8 heteroatoms. The van der Waals surface area contributed by atoms with Crippen LogP contribution in [0.3, 0.4) is 0 Å². The minimum Gasteiger partial charge on any atom is -0.368 e. The zero-order chi connectivity index (χ0) is 15.5. The molecule has 0 atom stereocenters. The smallest absolute Gasteiger partial charge is 0.368 e. The number of methoxy groups -OCH3 is 1. The number of alkyl halides is 3. The van der Waals surface area contributed by atoms with Crippen molar-refractivity contribution >= 4 is 24.0 Å². The molecular formula is C14H18ClF3N2O2. The number of ether oxygens (including phenoxy) is 1. The van der Waals surface area contributed by atoms with Crippen LogP contribution in [0, 0.1) is 0 Å². The number of hydrogen-bond acceptors (Lipinski definition) is 3. The average Bonchev–Trinajstić information content (AvgIpc) is 2.47. The summed E-state index contributed by atoms with van der Waals surface area (Å²) in [6.07, 6.45) is -3.48. The maximum absolute atomic E-state index is 12.7. The fraction of sp³-hybridized carbons (Fsp3) is 0.500. The largest absolute Gasteiger partial charge is 0.416 e. The molecule has 0 aromatic heterocycles. The van der Waals surface area contributed by atoms with Crippen LogP contribution < -0.4 is 10.6 Å². The number of halogens is 4. The van der Waals surface area contributed by atoms with E-state index < -0.39 is 23.2 Å². The molecule has 4 nitrogen and oxygen atoms in total. The standard InChI is InChI=1S/C14H17F3N2O2.ClH/c1-21-13(5-7-18-8-6-13)12(20)19-11-4-2-3-10(9-11)14(15,16)17;/h2-4,9,18H,5-8H2,1H3,(H,19,20);1H. The maximum atomic E-state index is 12.7. The predicted octanol–water partition coefficient (Wildman–Crippen LogP) is 2.83. The van der Waals surface area contributed by atoms with E-state index in [4.69, 9.17) is 4.74 Å². The van der Waals surface area contributed by atoms with E-state index in [2.05, 4.69) is 10.6 Å². The van der Waals surface area contributed by atoms with Gasteiger partial charge >= 0.3 is 6.18 Å². The van der Waals surface area contributed by atoms with Crippen molar-refractivity contribution in [3.8, 4) is 0 Å². The molecule has 0 unspecified atom stereocenters. The van der Waals surface area contributed by atoms with Crippen molar-refractivity contribution in [2.45, 2.75) is 24.6 Å². The first kappa shape index (κ1) is 18.7. The van der Waals surface area contributed by atoms with Gasteiger partial charge in [-0.3, -0.25) is 4.79 Å². The molecule has 1 fully saturated rings. The molecule has 0 saturated carbocycles. The summed E-state index contributed by atoms with van der Waals surface area (Å²) in [5, 5.41) is 5.64. The first-order valence-electron chi connectivity index (χ1n) is 6.62. The van der Waals surface area contributed by atoms with E-state index in [0.29, 0.717) is 25.9 Å². The van der Waals surface area contributed by atoms with Gasteiger partial charge in [0.15, 0.2) is 0 Å². The molecule has 0 radical (unpaired) electrons. The van der Waals surface area contributed by atoms with Gasteiger partial charge in [-0.25, -0.2) is 0 Å². The number of piperidine rings is 1. The molecule has 22 heavy (non-hydrogen) atoms. The van der Waals surface area contributed by atoms with Crippen LogP contribution in [-0.4, -0.2) is 31.7 Å². The molecule has 2 rings (SSSR count). The zero-order valence-electron chi connectivity index (χ0n) is 12.0. The Kier molecular flexibility index (Phi) is 6.22.